The van der Waals surface area contributed by atoms with Crippen LogP contribution in [0.25, 0.3) is 0 Å². The van der Waals surface area contributed by atoms with Gasteiger partial charge >= 0.3 is 0 Å². The summed E-state index contributed by atoms with van der Waals surface area (Å²) in [7, 11) is 0. The lowest BCUT2D eigenvalue weighted by atomic mass is 9.75. The SMILES string of the molecule is N#Cc1cc(F)ccc1C1(O)CC2COCC(C1)N2Cc1ccccc1. The van der Waals surface area contributed by atoms with Crippen molar-refractivity contribution >= 4 is 0 Å². The van der Waals surface area contributed by atoms with Gasteiger partial charge in [0.1, 0.15) is 5.82 Å². The van der Waals surface area contributed by atoms with Crippen LogP contribution in [0.3, 0.4) is 0 Å². The Labute approximate surface area is 152 Å². The molecule has 2 unspecified atom stereocenters. The quantitative estimate of drug-likeness (QED) is 0.923. The molecule has 134 valence electrons. The summed E-state index contributed by atoms with van der Waals surface area (Å²) >= 11 is 0. The maximum Gasteiger partial charge on any atom is 0.124 e. The van der Waals surface area contributed by atoms with Crippen molar-refractivity contribution < 1.29 is 14.2 Å². The molecule has 2 aliphatic heterocycles. The van der Waals surface area contributed by atoms with Crippen LogP contribution in [0, 0.1) is 17.1 Å². The zero-order chi connectivity index (χ0) is 18.1. The minimum absolute atomic E-state index is 0.0595. The van der Waals surface area contributed by atoms with Crippen LogP contribution >= 0.6 is 0 Å². The number of rotatable bonds is 3. The molecule has 26 heavy (non-hydrogen) atoms. The van der Waals surface area contributed by atoms with Crippen LogP contribution < -0.4 is 0 Å². The summed E-state index contributed by atoms with van der Waals surface area (Å²) in [6, 6.07) is 16.5. The highest BCUT2D eigenvalue weighted by Crippen LogP contribution is 2.42. The minimum atomic E-state index is -1.13. The Morgan fingerprint density at radius 1 is 1.15 bits per heavy atom. The smallest absolute Gasteiger partial charge is 0.124 e. The fourth-order valence-electron chi connectivity index (χ4n) is 4.33. The lowest BCUT2D eigenvalue weighted by molar-refractivity contribution is -0.149. The molecular weight excluding hydrogens is 331 g/mol. The van der Waals surface area contributed by atoms with E-state index < -0.39 is 11.4 Å². The molecule has 2 fully saturated rings. The van der Waals surface area contributed by atoms with E-state index in [9.17, 15) is 14.8 Å². The van der Waals surface area contributed by atoms with Crippen molar-refractivity contribution in [2.24, 2.45) is 0 Å². The Morgan fingerprint density at radius 2 is 1.85 bits per heavy atom. The van der Waals surface area contributed by atoms with Crippen molar-refractivity contribution in [3.05, 3.63) is 71.0 Å². The van der Waals surface area contributed by atoms with Gasteiger partial charge in [-0.3, -0.25) is 4.90 Å². The van der Waals surface area contributed by atoms with Crippen LogP contribution in [0.4, 0.5) is 4.39 Å². The monoisotopic (exact) mass is 352 g/mol. The number of fused-ring (bicyclic) bond motifs is 2. The lowest BCUT2D eigenvalue weighted by Gasteiger charge is -2.52. The summed E-state index contributed by atoms with van der Waals surface area (Å²) in [5, 5.41) is 20.8. The number of halogens is 1. The number of piperidine rings is 1. The van der Waals surface area contributed by atoms with E-state index >= 15 is 0 Å². The molecule has 0 spiro atoms. The van der Waals surface area contributed by atoms with E-state index in [-0.39, 0.29) is 17.6 Å². The second kappa shape index (κ2) is 6.81. The van der Waals surface area contributed by atoms with E-state index in [0.29, 0.717) is 31.6 Å². The van der Waals surface area contributed by atoms with Crippen molar-refractivity contribution in [3.8, 4) is 6.07 Å². The summed E-state index contributed by atoms with van der Waals surface area (Å²) in [6.07, 6.45) is 0.938. The average Bonchev–Trinajstić information content (AvgIpc) is 2.63. The fourth-order valence-corrected chi connectivity index (χ4v) is 4.33. The molecule has 2 saturated heterocycles. The molecule has 0 saturated carbocycles. The van der Waals surface area contributed by atoms with Crippen molar-refractivity contribution in [1.82, 2.24) is 4.90 Å². The van der Waals surface area contributed by atoms with Crippen LogP contribution in [0.15, 0.2) is 48.5 Å². The summed E-state index contributed by atoms with van der Waals surface area (Å²) < 4.78 is 19.2. The van der Waals surface area contributed by atoms with Gasteiger partial charge in [-0.05, 0) is 30.5 Å². The van der Waals surface area contributed by atoms with Gasteiger partial charge in [0.15, 0.2) is 0 Å². The minimum Gasteiger partial charge on any atom is -0.385 e. The van der Waals surface area contributed by atoms with E-state index in [4.69, 9.17) is 4.74 Å². The predicted molar refractivity (Wildman–Crippen MR) is 94.6 cm³/mol. The van der Waals surface area contributed by atoms with Crippen LogP contribution in [0.1, 0.15) is 29.5 Å². The highest BCUT2D eigenvalue weighted by atomic mass is 19.1. The molecule has 2 atom stereocenters. The first-order chi connectivity index (χ1) is 12.6. The average molecular weight is 352 g/mol. The Hall–Kier alpha value is -2.26. The first-order valence-electron chi connectivity index (χ1n) is 8.89. The van der Waals surface area contributed by atoms with Crippen molar-refractivity contribution in [3.63, 3.8) is 0 Å². The number of ether oxygens (including phenoxy) is 1. The molecule has 4 nitrogen and oxygen atoms in total. The maximum absolute atomic E-state index is 13.5. The summed E-state index contributed by atoms with van der Waals surface area (Å²) in [5.74, 6) is -0.459. The molecule has 0 amide bonds. The summed E-state index contributed by atoms with van der Waals surface area (Å²) in [4.78, 5) is 2.39. The highest BCUT2D eigenvalue weighted by molar-refractivity contribution is 5.42. The molecule has 5 heteroatoms. The molecule has 1 N–H and O–H groups in total. The van der Waals surface area contributed by atoms with Gasteiger partial charge in [0, 0.05) is 24.2 Å². The topological polar surface area (TPSA) is 56.5 Å². The van der Waals surface area contributed by atoms with Gasteiger partial charge in [0.05, 0.1) is 30.4 Å². The first-order valence-corrected chi connectivity index (χ1v) is 8.89. The fraction of sp³-hybridized carbons (Fsp3) is 0.381. The Balaban J connectivity index is 1.62. The highest BCUT2D eigenvalue weighted by Gasteiger charge is 2.47. The van der Waals surface area contributed by atoms with Crippen molar-refractivity contribution in [2.75, 3.05) is 13.2 Å². The molecule has 4 rings (SSSR count). The van der Waals surface area contributed by atoms with Crippen LogP contribution in [-0.2, 0) is 16.9 Å². The van der Waals surface area contributed by atoms with Gasteiger partial charge in [-0.15, -0.1) is 0 Å². The van der Waals surface area contributed by atoms with E-state index in [1.807, 2.05) is 24.3 Å². The van der Waals surface area contributed by atoms with Crippen LogP contribution in [0.5, 0.6) is 0 Å². The third-order valence-electron chi connectivity index (χ3n) is 5.52. The summed E-state index contributed by atoms with van der Waals surface area (Å²) in [5.41, 5.74) is 0.834. The van der Waals surface area contributed by atoms with E-state index in [0.717, 1.165) is 6.54 Å². The molecule has 2 aromatic carbocycles. The van der Waals surface area contributed by atoms with Gasteiger partial charge in [0.25, 0.3) is 0 Å². The van der Waals surface area contributed by atoms with Crippen molar-refractivity contribution in [1.29, 1.82) is 5.26 Å². The largest absolute Gasteiger partial charge is 0.385 e. The number of nitriles is 1. The standard InChI is InChI=1S/C21H21FN2O2/c22-17-6-7-20(16(8-17)11-23)21(25)9-18-13-26-14-19(10-21)24(18)12-15-4-2-1-3-5-15/h1-8,18-19,25H,9-10,12-14H2. The van der Waals surface area contributed by atoms with Gasteiger partial charge in [-0.2, -0.15) is 5.26 Å². The number of nitrogens with zero attached hydrogens (tertiary/aromatic N) is 2. The second-order valence-corrected chi connectivity index (χ2v) is 7.24. The zero-order valence-corrected chi connectivity index (χ0v) is 14.4. The van der Waals surface area contributed by atoms with Crippen LogP contribution in [0.2, 0.25) is 0 Å². The van der Waals surface area contributed by atoms with E-state index in [1.54, 1.807) is 6.07 Å². The third-order valence-corrected chi connectivity index (χ3v) is 5.52. The molecule has 2 aromatic rings. The van der Waals surface area contributed by atoms with E-state index in [2.05, 4.69) is 17.0 Å². The lowest BCUT2D eigenvalue weighted by Crippen LogP contribution is -2.60. The van der Waals surface area contributed by atoms with Gasteiger partial charge in [-0.25, -0.2) is 4.39 Å². The summed E-state index contributed by atoms with van der Waals surface area (Å²) in [6.45, 7) is 1.91. The van der Waals surface area contributed by atoms with E-state index in [1.165, 1.54) is 17.7 Å². The second-order valence-electron chi connectivity index (χ2n) is 7.24. The number of hydrogen-bond acceptors (Lipinski definition) is 4. The zero-order valence-electron chi connectivity index (χ0n) is 14.4. The Kier molecular flexibility index (Phi) is 4.49. The molecule has 0 aliphatic carbocycles. The molecule has 0 radical (unpaired) electrons. The Bertz CT molecular complexity index is 820. The predicted octanol–water partition coefficient (Wildman–Crippen LogP) is 2.95. The maximum atomic E-state index is 13.5. The molecule has 2 bridgehead atoms. The van der Waals surface area contributed by atoms with Gasteiger partial charge < -0.3 is 9.84 Å². The van der Waals surface area contributed by atoms with Gasteiger partial charge in [0.2, 0.25) is 0 Å². The molecule has 2 heterocycles. The molecule has 2 aliphatic rings. The normalized spacial score (nSPS) is 28.5. The van der Waals surface area contributed by atoms with Gasteiger partial charge in [-0.1, -0.05) is 36.4 Å². The third kappa shape index (κ3) is 3.12. The number of benzene rings is 2. The Morgan fingerprint density at radius 3 is 2.50 bits per heavy atom. The molecular formula is C21H21FN2O2. The molecule has 0 aromatic heterocycles. The number of morpholine rings is 1. The van der Waals surface area contributed by atoms with Crippen LogP contribution in [-0.4, -0.2) is 35.3 Å². The first kappa shape index (κ1) is 17.2. The number of aliphatic hydroxyl groups is 1. The number of hydrogen-bond donors (Lipinski definition) is 1. The van der Waals surface area contributed by atoms with Crippen molar-refractivity contribution in [2.45, 2.75) is 37.1 Å².